The van der Waals surface area contributed by atoms with Crippen LogP contribution in [-0.4, -0.2) is 52.5 Å². The zero-order chi connectivity index (χ0) is 13.1. The maximum atomic E-state index is 11.4. The molecule has 0 bridgehead atoms. The van der Waals surface area contributed by atoms with E-state index in [9.17, 15) is 4.79 Å². The van der Waals surface area contributed by atoms with E-state index in [2.05, 4.69) is 24.5 Å². The van der Waals surface area contributed by atoms with Crippen molar-refractivity contribution in [2.75, 3.05) is 40.5 Å². The van der Waals surface area contributed by atoms with Crippen LogP contribution in [0, 0.1) is 5.92 Å². The molecule has 1 unspecified atom stereocenters. The van der Waals surface area contributed by atoms with E-state index in [1.807, 2.05) is 0 Å². The first-order valence-corrected chi connectivity index (χ1v) is 6.09. The summed E-state index contributed by atoms with van der Waals surface area (Å²) in [6.45, 7) is 6.73. The summed E-state index contributed by atoms with van der Waals surface area (Å²) in [5.74, 6) is 0.543. The molecule has 0 heterocycles. The molecule has 0 spiro atoms. The first-order chi connectivity index (χ1) is 8.11. The smallest absolute Gasteiger partial charge is 0.221 e. The lowest BCUT2D eigenvalue weighted by atomic mass is 10.1. The second-order valence-corrected chi connectivity index (χ2v) is 4.35. The van der Waals surface area contributed by atoms with Crippen LogP contribution in [-0.2, 0) is 14.3 Å². The standard InChI is InChI=1S/C12H26N2O3/c1-10(2)11(9-17-4)13-6-5-12(15)14-7-8-16-3/h10-11,13H,5-9H2,1-4H3,(H,14,15). The fourth-order valence-electron chi connectivity index (χ4n) is 1.42. The molecule has 102 valence electrons. The molecule has 2 N–H and O–H groups in total. The Morgan fingerprint density at radius 1 is 1.18 bits per heavy atom. The summed E-state index contributed by atoms with van der Waals surface area (Å²) >= 11 is 0. The number of ether oxygens (including phenoxy) is 2. The predicted octanol–water partition coefficient (Wildman–Crippen LogP) is 0.400. The molecule has 0 radical (unpaired) electrons. The van der Waals surface area contributed by atoms with E-state index >= 15 is 0 Å². The van der Waals surface area contributed by atoms with Crippen molar-refractivity contribution in [2.24, 2.45) is 5.92 Å². The summed E-state index contributed by atoms with van der Waals surface area (Å²) in [7, 11) is 3.31. The molecule has 0 rings (SSSR count). The molecule has 0 saturated heterocycles. The van der Waals surface area contributed by atoms with Gasteiger partial charge in [0.1, 0.15) is 0 Å². The Balaban J connectivity index is 3.61. The first kappa shape index (κ1) is 16.4. The second kappa shape index (κ2) is 10.5. The lowest BCUT2D eigenvalue weighted by molar-refractivity contribution is -0.121. The van der Waals surface area contributed by atoms with Gasteiger partial charge in [-0.15, -0.1) is 0 Å². The number of carbonyl (C=O) groups excluding carboxylic acids is 1. The molecular formula is C12H26N2O3. The molecule has 0 saturated carbocycles. The van der Waals surface area contributed by atoms with Gasteiger partial charge in [0, 0.05) is 39.8 Å². The van der Waals surface area contributed by atoms with Gasteiger partial charge in [0.15, 0.2) is 0 Å². The van der Waals surface area contributed by atoms with Gasteiger partial charge in [-0.25, -0.2) is 0 Å². The summed E-state index contributed by atoms with van der Waals surface area (Å²) in [5, 5.41) is 6.11. The van der Waals surface area contributed by atoms with Crippen molar-refractivity contribution in [2.45, 2.75) is 26.3 Å². The van der Waals surface area contributed by atoms with Crippen LogP contribution >= 0.6 is 0 Å². The van der Waals surface area contributed by atoms with E-state index in [0.29, 0.717) is 44.7 Å². The van der Waals surface area contributed by atoms with Gasteiger partial charge in [0.05, 0.1) is 13.2 Å². The Labute approximate surface area is 104 Å². The van der Waals surface area contributed by atoms with Crippen molar-refractivity contribution in [1.82, 2.24) is 10.6 Å². The van der Waals surface area contributed by atoms with Gasteiger partial charge in [-0.05, 0) is 5.92 Å². The second-order valence-electron chi connectivity index (χ2n) is 4.35. The summed E-state index contributed by atoms with van der Waals surface area (Å²) in [4.78, 5) is 11.4. The highest BCUT2D eigenvalue weighted by molar-refractivity contribution is 5.76. The zero-order valence-corrected chi connectivity index (χ0v) is 11.4. The number of carbonyl (C=O) groups is 1. The number of hydrogen-bond donors (Lipinski definition) is 2. The molecule has 5 nitrogen and oxygen atoms in total. The van der Waals surface area contributed by atoms with Gasteiger partial charge in [-0.3, -0.25) is 4.79 Å². The first-order valence-electron chi connectivity index (χ1n) is 6.09. The predicted molar refractivity (Wildman–Crippen MR) is 68.0 cm³/mol. The van der Waals surface area contributed by atoms with Gasteiger partial charge in [-0.1, -0.05) is 13.8 Å². The van der Waals surface area contributed by atoms with Gasteiger partial charge in [-0.2, -0.15) is 0 Å². The normalized spacial score (nSPS) is 12.8. The monoisotopic (exact) mass is 246 g/mol. The topological polar surface area (TPSA) is 59.6 Å². The summed E-state index contributed by atoms with van der Waals surface area (Å²) in [6, 6.07) is 0.298. The fraction of sp³-hybridized carbons (Fsp3) is 0.917. The van der Waals surface area contributed by atoms with E-state index < -0.39 is 0 Å². The molecule has 0 aromatic rings. The van der Waals surface area contributed by atoms with Crippen LogP contribution in [0.5, 0.6) is 0 Å². The van der Waals surface area contributed by atoms with Gasteiger partial charge in [0.25, 0.3) is 0 Å². The molecule has 0 aliphatic heterocycles. The maximum Gasteiger partial charge on any atom is 0.221 e. The third-order valence-electron chi connectivity index (χ3n) is 2.54. The van der Waals surface area contributed by atoms with Crippen LogP contribution in [0.2, 0.25) is 0 Å². The minimum atomic E-state index is 0.0504. The number of nitrogens with one attached hydrogen (secondary N) is 2. The van der Waals surface area contributed by atoms with Crippen molar-refractivity contribution < 1.29 is 14.3 Å². The molecular weight excluding hydrogens is 220 g/mol. The number of amides is 1. The lowest BCUT2D eigenvalue weighted by Gasteiger charge is -2.21. The summed E-state index contributed by atoms with van der Waals surface area (Å²) < 4.78 is 9.97. The molecule has 0 aromatic carbocycles. The molecule has 0 aliphatic carbocycles. The van der Waals surface area contributed by atoms with Crippen LogP contribution in [0.4, 0.5) is 0 Å². The van der Waals surface area contributed by atoms with Crippen molar-refractivity contribution in [3.63, 3.8) is 0 Å². The SMILES string of the molecule is COCCNC(=O)CCNC(COC)C(C)C. The van der Waals surface area contributed by atoms with Crippen molar-refractivity contribution in [3.05, 3.63) is 0 Å². The number of methoxy groups -OCH3 is 2. The van der Waals surface area contributed by atoms with Crippen molar-refractivity contribution in [1.29, 1.82) is 0 Å². The zero-order valence-electron chi connectivity index (χ0n) is 11.4. The van der Waals surface area contributed by atoms with E-state index in [-0.39, 0.29) is 5.91 Å². The van der Waals surface area contributed by atoms with Crippen LogP contribution in [0.3, 0.4) is 0 Å². The van der Waals surface area contributed by atoms with E-state index in [1.54, 1.807) is 14.2 Å². The summed E-state index contributed by atoms with van der Waals surface area (Å²) in [5.41, 5.74) is 0. The molecule has 0 aromatic heterocycles. The van der Waals surface area contributed by atoms with Crippen molar-refractivity contribution >= 4 is 5.91 Å². The lowest BCUT2D eigenvalue weighted by Crippen LogP contribution is -2.40. The number of hydrogen-bond acceptors (Lipinski definition) is 4. The number of rotatable bonds is 10. The molecule has 1 amide bonds. The van der Waals surface area contributed by atoms with Crippen molar-refractivity contribution in [3.8, 4) is 0 Å². The fourth-order valence-corrected chi connectivity index (χ4v) is 1.42. The van der Waals surface area contributed by atoms with Crippen LogP contribution < -0.4 is 10.6 Å². The van der Waals surface area contributed by atoms with Crippen LogP contribution in [0.15, 0.2) is 0 Å². The van der Waals surface area contributed by atoms with Gasteiger partial charge in [0.2, 0.25) is 5.91 Å². The molecule has 5 heteroatoms. The Morgan fingerprint density at radius 2 is 1.88 bits per heavy atom. The average Bonchev–Trinajstić information content (AvgIpc) is 2.28. The van der Waals surface area contributed by atoms with Gasteiger partial charge >= 0.3 is 0 Å². The van der Waals surface area contributed by atoms with Gasteiger partial charge < -0.3 is 20.1 Å². The van der Waals surface area contributed by atoms with E-state index in [4.69, 9.17) is 9.47 Å². The molecule has 1 atom stereocenters. The quantitative estimate of drug-likeness (QED) is 0.548. The Bertz CT molecular complexity index is 198. The maximum absolute atomic E-state index is 11.4. The molecule has 0 aliphatic rings. The Hall–Kier alpha value is -0.650. The molecule has 17 heavy (non-hydrogen) atoms. The Morgan fingerprint density at radius 3 is 2.41 bits per heavy atom. The highest BCUT2D eigenvalue weighted by atomic mass is 16.5. The van der Waals surface area contributed by atoms with E-state index in [1.165, 1.54) is 0 Å². The summed E-state index contributed by atoms with van der Waals surface area (Å²) in [6.07, 6.45) is 0.483. The average molecular weight is 246 g/mol. The van der Waals surface area contributed by atoms with Crippen LogP contribution in [0.1, 0.15) is 20.3 Å². The third-order valence-corrected chi connectivity index (χ3v) is 2.54. The van der Waals surface area contributed by atoms with Crippen LogP contribution in [0.25, 0.3) is 0 Å². The Kier molecular flexibility index (Phi) is 10.1. The molecule has 0 fully saturated rings. The third kappa shape index (κ3) is 9.09. The van der Waals surface area contributed by atoms with E-state index in [0.717, 1.165) is 0 Å². The largest absolute Gasteiger partial charge is 0.383 e. The minimum Gasteiger partial charge on any atom is -0.383 e. The highest BCUT2D eigenvalue weighted by Crippen LogP contribution is 2.01. The highest BCUT2D eigenvalue weighted by Gasteiger charge is 2.12. The minimum absolute atomic E-state index is 0.0504.